The Kier molecular flexibility index (Phi) is 15.5. The largest absolute Gasteiger partial charge is 0.462 e. The molecule has 0 spiro atoms. The van der Waals surface area contributed by atoms with Crippen LogP contribution in [0.2, 0.25) is 0 Å². The molecular formula is C40H51NO14. The summed E-state index contributed by atoms with van der Waals surface area (Å²) in [5.41, 5.74) is 2.78. The second-order valence-corrected chi connectivity index (χ2v) is 13.8. The average Bonchev–Trinajstić information content (AvgIpc) is 3.21. The van der Waals surface area contributed by atoms with E-state index < -0.39 is 74.6 Å². The zero-order chi connectivity index (χ0) is 39.5. The molecule has 0 radical (unpaired) electrons. The van der Waals surface area contributed by atoms with Gasteiger partial charge in [0.25, 0.3) is 5.91 Å². The summed E-state index contributed by atoms with van der Waals surface area (Å²) in [4.78, 5) is 25.3. The Morgan fingerprint density at radius 2 is 0.945 bits per heavy atom. The second-order valence-electron chi connectivity index (χ2n) is 13.8. The molecule has 2 aliphatic rings. The van der Waals surface area contributed by atoms with Crippen LogP contribution < -0.4 is 14.8 Å². The van der Waals surface area contributed by atoms with Crippen molar-refractivity contribution in [3.05, 3.63) is 83.9 Å². The van der Waals surface area contributed by atoms with Crippen LogP contribution in [0.5, 0.6) is 11.5 Å². The number of hydrogen-bond acceptors (Lipinski definition) is 14. The van der Waals surface area contributed by atoms with Crippen LogP contribution >= 0.6 is 0 Å². The summed E-state index contributed by atoms with van der Waals surface area (Å²) in [6.07, 6.45) is -8.01. The van der Waals surface area contributed by atoms with Gasteiger partial charge in [-0.05, 0) is 72.5 Å². The second kappa shape index (κ2) is 20.2. The standard InChI is InChI=1S/C40H51NO14/c42-21-30-32(45)34(47)36(49)39(54-30)52-27-16-12-24(13-17-27)23-8-10-26(11-9-23)38(51)41-20-6-4-2-1-3-5-7-29(44)25-14-18-28(19-15-25)53-40-37(50)35(48)33(46)31(22-43)55-40/h8-19,30-37,39-40,42-43,45-50H,1-7,20-22H2,(H,41,51)/t30-,31-,32-,33-,34+,35+,36+,37+,39+,40+/m1/s1. The molecule has 5 rings (SSSR count). The third-order valence-corrected chi connectivity index (χ3v) is 9.83. The minimum atomic E-state index is -1.54. The fourth-order valence-electron chi connectivity index (χ4n) is 6.42. The van der Waals surface area contributed by atoms with Crippen molar-refractivity contribution in [2.24, 2.45) is 0 Å². The zero-order valence-electron chi connectivity index (χ0n) is 30.3. The molecule has 2 heterocycles. The molecule has 0 bridgehead atoms. The topological polar surface area (TPSA) is 245 Å². The van der Waals surface area contributed by atoms with Gasteiger partial charge < -0.3 is 65.1 Å². The number of amides is 1. The molecule has 1 amide bonds. The number of benzene rings is 3. The number of ketones is 1. The van der Waals surface area contributed by atoms with Crippen molar-refractivity contribution in [2.45, 2.75) is 106 Å². The highest BCUT2D eigenvalue weighted by molar-refractivity contribution is 5.96. The van der Waals surface area contributed by atoms with Crippen molar-refractivity contribution in [1.82, 2.24) is 5.32 Å². The fraction of sp³-hybridized carbons (Fsp3) is 0.500. The third-order valence-electron chi connectivity index (χ3n) is 9.83. The van der Waals surface area contributed by atoms with Gasteiger partial charge in [0.15, 0.2) is 5.78 Å². The summed E-state index contributed by atoms with van der Waals surface area (Å²) in [6, 6.07) is 20.4. The number of hydrogen-bond donors (Lipinski definition) is 9. The normalized spacial score (nSPS) is 28.0. The molecule has 2 aliphatic heterocycles. The molecule has 9 N–H and O–H groups in total. The fourth-order valence-corrected chi connectivity index (χ4v) is 6.42. The van der Waals surface area contributed by atoms with Crippen molar-refractivity contribution in [3.63, 3.8) is 0 Å². The molecule has 55 heavy (non-hydrogen) atoms. The first-order valence-electron chi connectivity index (χ1n) is 18.6. The van der Waals surface area contributed by atoms with E-state index in [1.807, 2.05) is 12.1 Å². The summed E-state index contributed by atoms with van der Waals surface area (Å²) >= 11 is 0. The number of unbranched alkanes of at least 4 members (excludes halogenated alkanes) is 5. The number of aliphatic hydroxyl groups excluding tert-OH is 8. The maximum atomic E-state index is 12.7. The first kappa shape index (κ1) is 42.1. The molecule has 15 heteroatoms. The molecule has 3 aromatic rings. The van der Waals surface area contributed by atoms with Crippen molar-refractivity contribution in [3.8, 4) is 22.6 Å². The number of rotatable bonds is 18. The highest BCUT2D eigenvalue weighted by Gasteiger charge is 2.45. The Morgan fingerprint density at radius 1 is 0.527 bits per heavy atom. The molecule has 2 saturated heterocycles. The molecule has 10 atom stereocenters. The SMILES string of the molecule is O=C(CCCCCCCCNC(=O)c1ccc(-c2ccc(O[C@H]3O[C@H](CO)[C@@H](O)[C@H](O)[C@@H]3O)cc2)cc1)c1ccc(O[C@H]2O[C@H](CO)[C@@H](O)[C@H](O)[C@@H]2O)cc1. The smallest absolute Gasteiger partial charge is 0.251 e. The number of carbonyl (C=O) groups is 2. The lowest BCUT2D eigenvalue weighted by molar-refractivity contribution is -0.277. The lowest BCUT2D eigenvalue weighted by Gasteiger charge is -2.39. The Labute approximate surface area is 318 Å². The first-order chi connectivity index (χ1) is 26.5. The van der Waals surface area contributed by atoms with E-state index in [4.69, 9.17) is 18.9 Å². The van der Waals surface area contributed by atoms with E-state index >= 15 is 0 Å². The number of aliphatic hydroxyl groups is 8. The van der Waals surface area contributed by atoms with Crippen LogP contribution in [-0.2, 0) is 9.47 Å². The average molecular weight is 770 g/mol. The van der Waals surface area contributed by atoms with Crippen LogP contribution in [0, 0.1) is 0 Å². The third kappa shape index (κ3) is 11.1. The van der Waals surface area contributed by atoms with Gasteiger partial charge in [0.05, 0.1) is 13.2 Å². The van der Waals surface area contributed by atoms with Gasteiger partial charge in [0.2, 0.25) is 12.6 Å². The van der Waals surface area contributed by atoms with E-state index in [2.05, 4.69) is 5.32 Å². The summed E-state index contributed by atoms with van der Waals surface area (Å²) in [7, 11) is 0. The quantitative estimate of drug-likeness (QED) is 0.0649. The van der Waals surface area contributed by atoms with Gasteiger partial charge in [-0.2, -0.15) is 0 Å². The van der Waals surface area contributed by atoms with Gasteiger partial charge in [0.1, 0.15) is 60.3 Å². The highest BCUT2D eigenvalue weighted by Crippen LogP contribution is 2.28. The first-order valence-corrected chi connectivity index (χ1v) is 18.6. The molecule has 15 nitrogen and oxygen atoms in total. The highest BCUT2D eigenvalue weighted by atomic mass is 16.7. The molecule has 300 valence electrons. The van der Waals surface area contributed by atoms with Gasteiger partial charge in [0, 0.05) is 24.1 Å². The summed E-state index contributed by atoms with van der Waals surface area (Å²) in [6.45, 7) is -0.561. The van der Waals surface area contributed by atoms with Gasteiger partial charge in [-0.3, -0.25) is 9.59 Å². The lowest BCUT2D eigenvalue weighted by atomic mass is 9.99. The number of ether oxygens (including phenoxy) is 4. The van der Waals surface area contributed by atoms with Crippen LogP contribution in [0.15, 0.2) is 72.8 Å². The van der Waals surface area contributed by atoms with Crippen LogP contribution in [0.4, 0.5) is 0 Å². The summed E-state index contributed by atoms with van der Waals surface area (Å²) in [5, 5.41) is 81.8. The van der Waals surface area contributed by atoms with Gasteiger partial charge in [-0.25, -0.2) is 0 Å². The molecule has 0 saturated carbocycles. The van der Waals surface area contributed by atoms with E-state index in [9.17, 15) is 50.4 Å². The van der Waals surface area contributed by atoms with Crippen LogP contribution in [0.25, 0.3) is 11.1 Å². The van der Waals surface area contributed by atoms with E-state index in [1.54, 1.807) is 60.7 Å². The number of Topliss-reactive ketones (excluding diaryl/α,β-unsaturated/α-hetero) is 1. The maximum Gasteiger partial charge on any atom is 0.251 e. The lowest BCUT2D eigenvalue weighted by Crippen LogP contribution is -2.60. The minimum Gasteiger partial charge on any atom is -0.462 e. The summed E-state index contributed by atoms with van der Waals surface area (Å²) in [5.74, 6) is 0.474. The van der Waals surface area contributed by atoms with Crippen molar-refractivity contribution in [2.75, 3.05) is 19.8 Å². The van der Waals surface area contributed by atoms with Crippen molar-refractivity contribution in [1.29, 1.82) is 0 Å². The number of carbonyl (C=O) groups excluding carboxylic acids is 2. The Morgan fingerprint density at radius 3 is 1.44 bits per heavy atom. The van der Waals surface area contributed by atoms with E-state index in [0.717, 1.165) is 49.7 Å². The predicted molar refractivity (Wildman–Crippen MR) is 196 cm³/mol. The maximum absolute atomic E-state index is 12.7. The Bertz CT molecular complexity index is 1630. The minimum absolute atomic E-state index is 0.00669. The van der Waals surface area contributed by atoms with Crippen LogP contribution in [-0.4, -0.2) is 134 Å². The molecule has 3 aromatic carbocycles. The van der Waals surface area contributed by atoms with E-state index in [-0.39, 0.29) is 11.7 Å². The molecule has 2 fully saturated rings. The van der Waals surface area contributed by atoms with Crippen LogP contribution in [0.1, 0.15) is 65.7 Å². The van der Waals surface area contributed by atoms with Crippen molar-refractivity contribution >= 4 is 11.7 Å². The van der Waals surface area contributed by atoms with E-state index in [1.165, 1.54) is 0 Å². The molecule has 0 aliphatic carbocycles. The molecule has 0 unspecified atom stereocenters. The van der Waals surface area contributed by atoms with Gasteiger partial charge in [-0.1, -0.05) is 49.9 Å². The number of nitrogens with one attached hydrogen (secondary N) is 1. The molecule has 0 aromatic heterocycles. The zero-order valence-corrected chi connectivity index (χ0v) is 30.3. The Hall–Kier alpha value is -4.00. The predicted octanol–water partition coefficient (Wildman–Crippen LogP) is 1.05. The summed E-state index contributed by atoms with van der Waals surface area (Å²) < 4.78 is 22.0. The van der Waals surface area contributed by atoms with Gasteiger partial charge >= 0.3 is 0 Å². The van der Waals surface area contributed by atoms with E-state index in [0.29, 0.717) is 35.6 Å². The van der Waals surface area contributed by atoms with Crippen LogP contribution in [0.3, 0.4) is 0 Å². The molecular weight excluding hydrogens is 718 g/mol. The van der Waals surface area contributed by atoms with Gasteiger partial charge in [-0.15, -0.1) is 0 Å². The van der Waals surface area contributed by atoms with Crippen molar-refractivity contribution < 1.29 is 69.4 Å². The Balaban J connectivity index is 0.934. The monoisotopic (exact) mass is 769 g/mol.